The van der Waals surface area contributed by atoms with Gasteiger partial charge in [-0.25, -0.2) is 4.39 Å². The number of hydrogen-bond donors (Lipinski definition) is 2. The fourth-order valence-corrected chi connectivity index (χ4v) is 2.67. The molecule has 2 aliphatic rings. The Hall–Kier alpha value is -1.33. The number of carbonyl (C=O) groups excluding carboxylic acids is 1. The number of methoxy groups -OCH3 is 1. The molecule has 1 aromatic carbocycles. The molecular formula is C13H16ClFN2O2. The van der Waals surface area contributed by atoms with Gasteiger partial charge in [-0.1, -0.05) is 0 Å². The number of halogens is 2. The van der Waals surface area contributed by atoms with Crippen LogP contribution in [0.2, 0.25) is 0 Å². The van der Waals surface area contributed by atoms with Gasteiger partial charge in [0.05, 0.1) is 12.7 Å². The first kappa shape index (κ1) is 14.1. The van der Waals surface area contributed by atoms with Gasteiger partial charge in [0.1, 0.15) is 11.6 Å². The first-order valence-electron chi connectivity index (χ1n) is 6.06. The highest BCUT2D eigenvalue weighted by Crippen LogP contribution is 2.41. The minimum Gasteiger partial charge on any atom is -0.497 e. The summed E-state index contributed by atoms with van der Waals surface area (Å²) in [6.45, 7) is 1.89. The average molecular weight is 287 g/mol. The zero-order chi connectivity index (χ0) is 12.7. The van der Waals surface area contributed by atoms with Crippen molar-refractivity contribution in [2.24, 2.45) is 11.8 Å². The summed E-state index contributed by atoms with van der Waals surface area (Å²) in [5, 5.41) is 6.14. The zero-order valence-corrected chi connectivity index (χ0v) is 11.3. The molecule has 2 unspecified atom stereocenters. The second kappa shape index (κ2) is 5.35. The third-order valence-corrected chi connectivity index (χ3v) is 3.81. The topological polar surface area (TPSA) is 50.4 Å². The van der Waals surface area contributed by atoms with E-state index in [4.69, 9.17) is 4.74 Å². The lowest BCUT2D eigenvalue weighted by atomic mass is 10.2. The summed E-state index contributed by atoms with van der Waals surface area (Å²) in [5.41, 5.74) is 0.0775. The van der Waals surface area contributed by atoms with Crippen LogP contribution in [0, 0.1) is 17.7 Å². The van der Waals surface area contributed by atoms with E-state index in [1.165, 1.54) is 19.2 Å². The molecule has 3 rings (SSSR count). The number of rotatable bonds is 3. The van der Waals surface area contributed by atoms with Crippen LogP contribution in [-0.2, 0) is 0 Å². The number of benzene rings is 1. The Morgan fingerprint density at radius 3 is 2.68 bits per heavy atom. The predicted octanol–water partition coefficient (Wildman–Crippen LogP) is 1.20. The number of carbonyl (C=O) groups is 1. The van der Waals surface area contributed by atoms with Crippen LogP contribution in [0.4, 0.5) is 4.39 Å². The molecule has 1 saturated heterocycles. The van der Waals surface area contributed by atoms with E-state index in [2.05, 4.69) is 10.6 Å². The molecule has 1 heterocycles. The van der Waals surface area contributed by atoms with Crippen LogP contribution in [-0.4, -0.2) is 32.1 Å². The molecule has 0 spiro atoms. The molecule has 104 valence electrons. The van der Waals surface area contributed by atoms with Gasteiger partial charge in [0.2, 0.25) is 0 Å². The van der Waals surface area contributed by atoms with Crippen molar-refractivity contribution in [3.05, 3.63) is 29.6 Å². The van der Waals surface area contributed by atoms with Gasteiger partial charge in [-0.05, 0) is 24.0 Å². The second-order valence-electron chi connectivity index (χ2n) is 4.83. The smallest absolute Gasteiger partial charge is 0.254 e. The van der Waals surface area contributed by atoms with E-state index in [1.54, 1.807) is 6.07 Å². The molecule has 0 bridgehead atoms. The van der Waals surface area contributed by atoms with E-state index in [0.29, 0.717) is 17.6 Å². The fraction of sp³-hybridized carbons (Fsp3) is 0.462. The number of nitrogens with one attached hydrogen (secondary N) is 2. The van der Waals surface area contributed by atoms with E-state index in [-0.39, 0.29) is 29.9 Å². The molecule has 1 aromatic rings. The van der Waals surface area contributed by atoms with Crippen molar-refractivity contribution in [1.82, 2.24) is 10.6 Å². The average Bonchev–Trinajstić information content (AvgIpc) is 2.81. The van der Waals surface area contributed by atoms with Crippen molar-refractivity contribution < 1.29 is 13.9 Å². The van der Waals surface area contributed by atoms with E-state index >= 15 is 0 Å². The monoisotopic (exact) mass is 286 g/mol. The Bertz CT molecular complexity index is 488. The standard InChI is InChI=1S/C13H15FN2O2.ClH/c1-18-7-2-3-8(11(14)4-7)13(17)16-12-9-5-15-6-10(9)12;/h2-4,9-10,12,15H,5-6H2,1H3,(H,16,17);1H. The van der Waals surface area contributed by atoms with Crippen molar-refractivity contribution in [2.75, 3.05) is 20.2 Å². The Morgan fingerprint density at radius 2 is 2.11 bits per heavy atom. The number of piperidine rings is 1. The van der Waals surface area contributed by atoms with Crippen molar-refractivity contribution in [1.29, 1.82) is 0 Å². The Balaban J connectivity index is 0.00000133. The molecule has 2 N–H and O–H groups in total. The van der Waals surface area contributed by atoms with Crippen molar-refractivity contribution in [2.45, 2.75) is 6.04 Å². The molecule has 6 heteroatoms. The summed E-state index contributed by atoms with van der Waals surface area (Å²) < 4.78 is 18.6. The predicted molar refractivity (Wildman–Crippen MR) is 71.3 cm³/mol. The van der Waals surface area contributed by atoms with Gasteiger partial charge >= 0.3 is 0 Å². The summed E-state index contributed by atoms with van der Waals surface area (Å²) in [7, 11) is 1.47. The van der Waals surface area contributed by atoms with Crippen molar-refractivity contribution >= 4 is 18.3 Å². The van der Waals surface area contributed by atoms with Gasteiger partial charge in [-0.3, -0.25) is 4.79 Å². The summed E-state index contributed by atoms with van der Waals surface area (Å²) >= 11 is 0. The van der Waals surface area contributed by atoms with Crippen LogP contribution in [0.25, 0.3) is 0 Å². The number of hydrogen-bond acceptors (Lipinski definition) is 3. The van der Waals surface area contributed by atoms with Gasteiger partial charge in [0.25, 0.3) is 5.91 Å². The third kappa shape index (κ3) is 2.53. The van der Waals surface area contributed by atoms with Crippen LogP contribution < -0.4 is 15.4 Å². The van der Waals surface area contributed by atoms with E-state index in [1.807, 2.05) is 0 Å². The lowest BCUT2D eigenvalue weighted by Gasteiger charge is -2.09. The molecular weight excluding hydrogens is 271 g/mol. The van der Waals surface area contributed by atoms with Crippen LogP contribution in [0.5, 0.6) is 5.75 Å². The third-order valence-electron chi connectivity index (χ3n) is 3.81. The van der Waals surface area contributed by atoms with Crippen LogP contribution in [0.1, 0.15) is 10.4 Å². The first-order chi connectivity index (χ1) is 8.70. The molecule has 0 radical (unpaired) electrons. The summed E-state index contributed by atoms with van der Waals surface area (Å²) in [4.78, 5) is 11.9. The molecule has 0 aromatic heterocycles. The van der Waals surface area contributed by atoms with Crippen molar-refractivity contribution in [3.63, 3.8) is 0 Å². The molecule has 1 saturated carbocycles. The maximum absolute atomic E-state index is 13.7. The highest BCUT2D eigenvalue weighted by molar-refractivity contribution is 5.95. The second-order valence-corrected chi connectivity index (χ2v) is 4.83. The fourth-order valence-electron chi connectivity index (χ4n) is 2.67. The van der Waals surface area contributed by atoms with Crippen molar-refractivity contribution in [3.8, 4) is 5.75 Å². The Labute approximate surface area is 117 Å². The summed E-state index contributed by atoms with van der Waals surface area (Å²) in [5.74, 6) is 0.576. The largest absolute Gasteiger partial charge is 0.497 e. The molecule has 1 aliphatic carbocycles. The summed E-state index contributed by atoms with van der Waals surface area (Å²) in [6, 6.07) is 4.48. The van der Waals surface area contributed by atoms with E-state index in [0.717, 1.165) is 13.1 Å². The van der Waals surface area contributed by atoms with Crippen LogP contribution in [0.15, 0.2) is 18.2 Å². The maximum Gasteiger partial charge on any atom is 0.254 e. The molecule has 2 fully saturated rings. The maximum atomic E-state index is 13.7. The van der Waals surface area contributed by atoms with Gasteiger partial charge in [0, 0.05) is 25.2 Å². The SMILES string of the molecule is COc1ccc(C(=O)NC2C3CNCC32)c(F)c1.Cl. The quantitative estimate of drug-likeness (QED) is 0.878. The van der Waals surface area contributed by atoms with Gasteiger partial charge < -0.3 is 15.4 Å². The highest BCUT2D eigenvalue weighted by Gasteiger charge is 2.53. The number of amides is 1. The highest BCUT2D eigenvalue weighted by atomic mass is 35.5. The lowest BCUT2D eigenvalue weighted by Crippen LogP contribution is -2.32. The minimum atomic E-state index is -0.546. The van der Waals surface area contributed by atoms with E-state index in [9.17, 15) is 9.18 Å². The van der Waals surface area contributed by atoms with Crippen LogP contribution in [0.3, 0.4) is 0 Å². The molecule has 1 amide bonds. The van der Waals surface area contributed by atoms with Gasteiger partial charge in [0.15, 0.2) is 0 Å². The number of ether oxygens (including phenoxy) is 1. The Morgan fingerprint density at radius 1 is 1.42 bits per heavy atom. The molecule has 2 atom stereocenters. The summed E-state index contributed by atoms with van der Waals surface area (Å²) in [6.07, 6.45) is 0. The minimum absolute atomic E-state index is 0. The van der Waals surface area contributed by atoms with Crippen LogP contribution >= 0.6 is 12.4 Å². The first-order valence-corrected chi connectivity index (χ1v) is 6.06. The van der Waals surface area contributed by atoms with E-state index < -0.39 is 5.82 Å². The lowest BCUT2D eigenvalue weighted by molar-refractivity contribution is 0.0942. The van der Waals surface area contributed by atoms with Gasteiger partial charge in [-0.2, -0.15) is 0 Å². The zero-order valence-electron chi connectivity index (χ0n) is 10.5. The molecule has 1 aliphatic heterocycles. The Kier molecular flexibility index (Phi) is 3.96. The molecule has 4 nitrogen and oxygen atoms in total. The van der Waals surface area contributed by atoms with Gasteiger partial charge in [-0.15, -0.1) is 12.4 Å². The molecule has 19 heavy (non-hydrogen) atoms. The normalized spacial score (nSPS) is 27.2. The number of fused-ring (bicyclic) bond motifs is 1.